The average Bonchev–Trinajstić information content (AvgIpc) is 3.86. The van der Waals surface area contributed by atoms with Crippen molar-refractivity contribution in [2.24, 2.45) is 0 Å². The van der Waals surface area contributed by atoms with Gasteiger partial charge in [-0.1, -0.05) is 200 Å². The molecule has 0 N–H and O–H groups in total. The fourth-order valence-corrected chi connectivity index (χ4v) is 10.4. The molecule has 1 aromatic heterocycles. The maximum atomic E-state index is 2.46. The van der Waals surface area contributed by atoms with Crippen LogP contribution in [0.1, 0.15) is 22.3 Å². The molecule has 0 bridgehead atoms. The number of fused-ring (bicyclic) bond motifs is 6. The summed E-state index contributed by atoms with van der Waals surface area (Å²) in [4.78, 5) is 2.45. The highest BCUT2D eigenvalue weighted by atomic mass is 15.1. The second-order valence-corrected chi connectivity index (χ2v) is 16.4. The minimum absolute atomic E-state index is 0.523. The lowest BCUT2D eigenvalue weighted by molar-refractivity contribution is 0.768. The molecular formula is C61H42N2. The molecule has 0 saturated heterocycles. The molecule has 1 aliphatic rings. The summed E-state index contributed by atoms with van der Waals surface area (Å²) in [7, 11) is 0. The molecule has 0 fully saturated rings. The monoisotopic (exact) mass is 802 g/mol. The minimum Gasteiger partial charge on any atom is -0.310 e. The third-order valence-electron chi connectivity index (χ3n) is 13.1. The number of aromatic nitrogens is 1. The predicted molar refractivity (Wildman–Crippen MR) is 264 cm³/mol. The number of rotatable bonds is 8. The first-order chi connectivity index (χ1) is 31.3. The third-order valence-corrected chi connectivity index (χ3v) is 13.1. The van der Waals surface area contributed by atoms with Crippen molar-refractivity contribution in [2.45, 2.75) is 5.41 Å². The SMILES string of the molecule is c1ccc(-c2ccc(N(c3ccc4c(c3)C(c3ccccc3)(c3ccccc3)c3ccccc3-4)c3ccc4c5c(-c6ccccc6)cccc5n(-c5ccccc5)c4c3)cc2)cc1. The lowest BCUT2D eigenvalue weighted by Crippen LogP contribution is -2.28. The Labute approximate surface area is 368 Å². The van der Waals surface area contributed by atoms with E-state index in [-0.39, 0.29) is 0 Å². The van der Waals surface area contributed by atoms with Crippen molar-refractivity contribution in [3.8, 4) is 39.1 Å². The highest BCUT2D eigenvalue weighted by molar-refractivity contribution is 6.16. The summed E-state index contributed by atoms with van der Waals surface area (Å²) in [5.41, 5.74) is 18.6. The van der Waals surface area contributed by atoms with Crippen LogP contribution in [0.4, 0.5) is 17.1 Å². The molecule has 0 aliphatic heterocycles. The quantitative estimate of drug-likeness (QED) is 0.149. The largest absolute Gasteiger partial charge is 0.310 e. The topological polar surface area (TPSA) is 8.17 Å². The lowest BCUT2D eigenvalue weighted by Gasteiger charge is -2.35. The van der Waals surface area contributed by atoms with Gasteiger partial charge in [0.15, 0.2) is 0 Å². The van der Waals surface area contributed by atoms with Gasteiger partial charge in [0, 0.05) is 33.5 Å². The first kappa shape index (κ1) is 36.6. The van der Waals surface area contributed by atoms with Crippen molar-refractivity contribution < 1.29 is 0 Å². The van der Waals surface area contributed by atoms with Crippen LogP contribution >= 0.6 is 0 Å². The molecule has 11 aromatic rings. The van der Waals surface area contributed by atoms with Crippen LogP contribution in [-0.4, -0.2) is 4.57 Å². The molecule has 12 rings (SSSR count). The summed E-state index contributed by atoms with van der Waals surface area (Å²) < 4.78 is 2.44. The van der Waals surface area contributed by atoms with E-state index >= 15 is 0 Å². The van der Waals surface area contributed by atoms with Crippen LogP contribution in [0, 0.1) is 0 Å². The Morgan fingerprint density at radius 3 is 1.51 bits per heavy atom. The first-order valence-electron chi connectivity index (χ1n) is 21.8. The van der Waals surface area contributed by atoms with E-state index in [0.29, 0.717) is 0 Å². The molecule has 0 unspecified atom stereocenters. The van der Waals surface area contributed by atoms with Gasteiger partial charge in [-0.05, 0) is 110 Å². The number of benzene rings is 10. The van der Waals surface area contributed by atoms with Crippen molar-refractivity contribution in [1.29, 1.82) is 0 Å². The Morgan fingerprint density at radius 1 is 0.317 bits per heavy atom. The molecule has 0 atom stereocenters. The van der Waals surface area contributed by atoms with Gasteiger partial charge in [-0.15, -0.1) is 0 Å². The Morgan fingerprint density at radius 2 is 0.825 bits per heavy atom. The minimum atomic E-state index is -0.523. The van der Waals surface area contributed by atoms with E-state index in [2.05, 4.69) is 264 Å². The van der Waals surface area contributed by atoms with Crippen LogP contribution in [-0.2, 0) is 5.41 Å². The predicted octanol–water partition coefficient (Wildman–Crippen LogP) is 16.0. The van der Waals surface area contributed by atoms with Crippen LogP contribution in [0.25, 0.3) is 60.9 Å². The number of para-hydroxylation sites is 1. The van der Waals surface area contributed by atoms with E-state index in [9.17, 15) is 0 Å². The summed E-state index contributed by atoms with van der Waals surface area (Å²) in [6.45, 7) is 0. The number of nitrogens with zero attached hydrogens (tertiary/aromatic N) is 2. The number of anilines is 3. The van der Waals surface area contributed by atoms with Crippen LogP contribution in [0.5, 0.6) is 0 Å². The van der Waals surface area contributed by atoms with E-state index in [1.807, 2.05) is 0 Å². The molecule has 0 saturated carbocycles. The number of hydrogen-bond donors (Lipinski definition) is 0. The van der Waals surface area contributed by atoms with Gasteiger partial charge in [0.05, 0.1) is 16.4 Å². The molecule has 2 nitrogen and oxygen atoms in total. The Hall–Kier alpha value is -8.20. The summed E-state index contributed by atoms with van der Waals surface area (Å²) in [6, 6.07) is 93.3. The molecule has 1 heterocycles. The van der Waals surface area contributed by atoms with E-state index < -0.39 is 5.41 Å². The van der Waals surface area contributed by atoms with Crippen LogP contribution < -0.4 is 4.90 Å². The van der Waals surface area contributed by atoms with Crippen LogP contribution in [0.15, 0.2) is 255 Å². The molecular weight excluding hydrogens is 761 g/mol. The second kappa shape index (κ2) is 15.1. The smallest absolute Gasteiger partial charge is 0.0714 e. The normalized spacial score (nSPS) is 12.6. The molecule has 63 heavy (non-hydrogen) atoms. The number of hydrogen-bond acceptors (Lipinski definition) is 1. The molecule has 1 aliphatic carbocycles. The van der Waals surface area contributed by atoms with Crippen molar-refractivity contribution in [2.75, 3.05) is 4.90 Å². The van der Waals surface area contributed by atoms with Crippen LogP contribution in [0.2, 0.25) is 0 Å². The molecule has 296 valence electrons. The van der Waals surface area contributed by atoms with Gasteiger partial charge in [0.1, 0.15) is 0 Å². The zero-order chi connectivity index (χ0) is 41.7. The zero-order valence-corrected chi connectivity index (χ0v) is 34.6. The van der Waals surface area contributed by atoms with E-state index in [1.54, 1.807) is 0 Å². The van der Waals surface area contributed by atoms with Crippen molar-refractivity contribution in [3.63, 3.8) is 0 Å². The fourth-order valence-electron chi connectivity index (χ4n) is 10.4. The Kier molecular flexibility index (Phi) is 8.76. The molecule has 2 heteroatoms. The summed E-state index contributed by atoms with van der Waals surface area (Å²) in [5, 5.41) is 2.46. The highest BCUT2D eigenvalue weighted by Crippen LogP contribution is 2.57. The molecule has 0 radical (unpaired) electrons. The summed E-state index contributed by atoms with van der Waals surface area (Å²) >= 11 is 0. The Bertz CT molecular complexity index is 3370. The van der Waals surface area contributed by atoms with Crippen molar-refractivity contribution in [1.82, 2.24) is 4.57 Å². The van der Waals surface area contributed by atoms with Crippen molar-refractivity contribution >= 4 is 38.9 Å². The molecule has 0 spiro atoms. The molecule has 10 aromatic carbocycles. The van der Waals surface area contributed by atoms with E-state index in [0.717, 1.165) is 28.3 Å². The van der Waals surface area contributed by atoms with Gasteiger partial charge >= 0.3 is 0 Å². The van der Waals surface area contributed by atoms with Gasteiger partial charge in [-0.2, -0.15) is 0 Å². The van der Waals surface area contributed by atoms with E-state index in [1.165, 1.54) is 71.9 Å². The van der Waals surface area contributed by atoms with Crippen LogP contribution in [0.3, 0.4) is 0 Å². The van der Waals surface area contributed by atoms with Gasteiger partial charge in [-0.25, -0.2) is 0 Å². The van der Waals surface area contributed by atoms with E-state index in [4.69, 9.17) is 0 Å². The standard InChI is InChI=1S/C61H42N2/c1-6-19-43(20-7-1)44-33-35-49(36-34-44)62(50-37-39-54-53-29-16-17-31-56(53)61(57(54)41-50,46-23-10-3-11-24-46)47-25-12-4-13-26-47)51-38-40-55-59(42-51)63(48-27-14-5-15-28-48)58-32-18-30-52(60(55)58)45-21-8-2-9-22-45/h1-42H. The third kappa shape index (κ3) is 5.87. The maximum absolute atomic E-state index is 2.46. The second-order valence-electron chi connectivity index (χ2n) is 16.4. The maximum Gasteiger partial charge on any atom is 0.0714 e. The zero-order valence-electron chi connectivity index (χ0n) is 34.6. The van der Waals surface area contributed by atoms with Crippen molar-refractivity contribution in [3.05, 3.63) is 277 Å². The van der Waals surface area contributed by atoms with Gasteiger partial charge in [0.2, 0.25) is 0 Å². The van der Waals surface area contributed by atoms with Gasteiger partial charge in [0.25, 0.3) is 0 Å². The fraction of sp³-hybridized carbons (Fsp3) is 0.0164. The molecule has 0 amide bonds. The van der Waals surface area contributed by atoms with Gasteiger partial charge < -0.3 is 9.47 Å². The first-order valence-corrected chi connectivity index (χ1v) is 21.8. The highest BCUT2D eigenvalue weighted by Gasteiger charge is 2.46. The summed E-state index contributed by atoms with van der Waals surface area (Å²) in [6.07, 6.45) is 0. The average molecular weight is 803 g/mol. The lowest BCUT2D eigenvalue weighted by atomic mass is 9.67. The van der Waals surface area contributed by atoms with Gasteiger partial charge in [-0.3, -0.25) is 0 Å². The Balaban J connectivity index is 1.13. The summed E-state index contributed by atoms with van der Waals surface area (Å²) in [5.74, 6) is 0.